The third-order valence-electron chi connectivity index (χ3n) is 5.71. The Morgan fingerprint density at radius 3 is 2.64 bits per heavy atom. The van der Waals surface area contributed by atoms with Crippen LogP contribution in [0.15, 0.2) is 58.3 Å². The van der Waals surface area contributed by atoms with Gasteiger partial charge in [-0.3, -0.25) is 18.7 Å². The van der Waals surface area contributed by atoms with Gasteiger partial charge in [-0.25, -0.2) is 4.79 Å². The van der Waals surface area contributed by atoms with E-state index in [0.717, 1.165) is 27.5 Å². The van der Waals surface area contributed by atoms with Gasteiger partial charge >= 0.3 is 11.7 Å². The molecule has 0 atom stereocenters. The van der Waals surface area contributed by atoms with Crippen molar-refractivity contribution < 1.29 is 14.6 Å². The van der Waals surface area contributed by atoms with E-state index in [-0.39, 0.29) is 19.5 Å². The first-order valence-electron chi connectivity index (χ1n) is 11.0. The zero-order chi connectivity index (χ0) is 23.5. The molecule has 2 aromatic carbocycles. The van der Waals surface area contributed by atoms with E-state index in [9.17, 15) is 14.4 Å². The normalized spacial score (nSPS) is 11.5. The zero-order valence-corrected chi connectivity index (χ0v) is 18.7. The van der Waals surface area contributed by atoms with Crippen LogP contribution in [0.1, 0.15) is 32.3 Å². The third kappa shape index (κ3) is 4.69. The fourth-order valence-electron chi connectivity index (χ4n) is 3.90. The highest BCUT2D eigenvalue weighted by Gasteiger charge is 2.16. The summed E-state index contributed by atoms with van der Waals surface area (Å²) in [7, 11) is 0. The van der Waals surface area contributed by atoms with Crippen molar-refractivity contribution in [3.05, 3.63) is 75.1 Å². The van der Waals surface area contributed by atoms with Crippen molar-refractivity contribution >= 4 is 27.8 Å². The second-order valence-corrected chi connectivity index (χ2v) is 8.54. The van der Waals surface area contributed by atoms with Crippen LogP contribution in [0.5, 0.6) is 5.75 Å². The summed E-state index contributed by atoms with van der Waals surface area (Å²) in [6, 6.07) is 12.9. The van der Waals surface area contributed by atoms with Gasteiger partial charge in [0, 0.05) is 23.6 Å². The minimum Gasteiger partial charge on any atom is -0.494 e. The summed E-state index contributed by atoms with van der Waals surface area (Å²) < 4.78 is 8.34. The van der Waals surface area contributed by atoms with Crippen molar-refractivity contribution in [2.24, 2.45) is 5.92 Å². The minimum atomic E-state index is -1.07. The van der Waals surface area contributed by atoms with Gasteiger partial charge in [0.25, 0.3) is 5.56 Å². The van der Waals surface area contributed by atoms with E-state index in [1.165, 1.54) is 4.57 Å². The van der Waals surface area contributed by atoms with E-state index in [2.05, 4.69) is 18.8 Å². The topological polar surface area (TPSA) is 106 Å². The molecule has 2 heterocycles. The molecule has 8 heteroatoms. The number of benzene rings is 2. The fourth-order valence-corrected chi connectivity index (χ4v) is 3.90. The third-order valence-corrected chi connectivity index (χ3v) is 5.71. The van der Waals surface area contributed by atoms with Crippen LogP contribution >= 0.6 is 0 Å². The van der Waals surface area contributed by atoms with Crippen LogP contribution in [-0.4, -0.2) is 31.8 Å². The number of hydrogen-bond donors (Lipinski definition) is 2. The molecule has 2 aromatic heterocycles. The van der Waals surface area contributed by atoms with E-state index in [1.54, 1.807) is 18.2 Å². The average molecular weight is 450 g/mol. The Balaban J connectivity index is 1.83. The SMILES string of the molecule is CC(C)CCOc1ccc2c(c1)c(=O)n(CCC(=O)O)c(=O)n2Cc1c[nH]c2ccccc12. The number of hydrogen-bond acceptors (Lipinski definition) is 4. The van der Waals surface area contributed by atoms with Crippen LogP contribution in [0.2, 0.25) is 0 Å². The van der Waals surface area contributed by atoms with Crippen LogP contribution < -0.4 is 16.0 Å². The summed E-state index contributed by atoms with van der Waals surface area (Å²) >= 11 is 0. The second-order valence-electron chi connectivity index (χ2n) is 8.54. The van der Waals surface area contributed by atoms with Crippen LogP contribution in [0.25, 0.3) is 21.8 Å². The van der Waals surface area contributed by atoms with E-state index < -0.39 is 17.2 Å². The first-order valence-corrected chi connectivity index (χ1v) is 11.0. The Morgan fingerprint density at radius 1 is 1.09 bits per heavy atom. The van der Waals surface area contributed by atoms with Crippen molar-refractivity contribution in [2.45, 2.75) is 39.8 Å². The summed E-state index contributed by atoms with van der Waals surface area (Å²) in [5.74, 6) is -0.0438. The number of nitrogens with one attached hydrogen (secondary N) is 1. The molecule has 4 aromatic rings. The van der Waals surface area contributed by atoms with E-state index in [1.807, 2.05) is 30.5 Å². The molecule has 33 heavy (non-hydrogen) atoms. The summed E-state index contributed by atoms with van der Waals surface area (Å²) in [5.41, 5.74) is 1.28. The second kappa shape index (κ2) is 9.36. The minimum absolute atomic E-state index is 0.199. The smallest absolute Gasteiger partial charge is 0.331 e. The molecule has 0 amide bonds. The number of carboxylic acids is 1. The van der Waals surface area contributed by atoms with Crippen LogP contribution in [0, 0.1) is 5.92 Å². The number of aliphatic carboxylic acids is 1. The lowest BCUT2D eigenvalue weighted by molar-refractivity contribution is -0.137. The largest absolute Gasteiger partial charge is 0.494 e. The molecule has 8 nitrogen and oxygen atoms in total. The highest BCUT2D eigenvalue weighted by Crippen LogP contribution is 2.22. The molecule has 0 saturated heterocycles. The molecular weight excluding hydrogens is 422 g/mol. The van der Waals surface area contributed by atoms with E-state index in [4.69, 9.17) is 9.84 Å². The molecule has 0 spiro atoms. The summed E-state index contributed by atoms with van der Waals surface area (Å²) in [6.07, 6.45) is 2.40. The number of fused-ring (bicyclic) bond motifs is 2. The molecule has 172 valence electrons. The first kappa shape index (κ1) is 22.4. The molecule has 0 aliphatic carbocycles. The van der Waals surface area contributed by atoms with Gasteiger partial charge in [0.05, 0.1) is 30.5 Å². The lowest BCUT2D eigenvalue weighted by Gasteiger charge is -2.15. The number of aromatic amines is 1. The summed E-state index contributed by atoms with van der Waals surface area (Å²) in [4.78, 5) is 40.8. The fraction of sp³-hybridized carbons (Fsp3) is 0.320. The van der Waals surface area contributed by atoms with Gasteiger partial charge in [-0.2, -0.15) is 0 Å². The van der Waals surface area contributed by atoms with Gasteiger partial charge in [-0.15, -0.1) is 0 Å². The number of rotatable bonds is 9. The number of para-hydroxylation sites is 1. The van der Waals surface area contributed by atoms with Gasteiger partial charge in [0.1, 0.15) is 5.75 Å². The van der Waals surface area contributed by atoms with Gasteiger partial charge < -0.3 is 14.8 Å². The quantitative estimate of drug-likeness (QED) is 0.406. The van der Waals surface area contributed by atoms with Gasteiger partial charge in [-0.1, -0.05) is 32.0 Å². The Bertz CT molecular complexity index is 1430. The average Bonchev–Trinajstić information content (AvgIpc) is 3.19. The number of H-pyrrole nitrogens is 1. The van der Waals surface area contributed by atoms with Crippen molar-refractivity contribution in [3.63, 3.8) is 0 Å². The van der Waals surface area contributed by atoms with Crippen molar-refractivity contribution in [1.29, 1.82) is 0 Å². The number of nitrogens with zero attached hydrogens (tertiary/aromatic N) is 2. The van der Waals surface area contributed by atoms with Crippen molar-refractivity contribution in [2.75, 3.05) is 6.61 Å². The molecular formula is C25H27N3O5. The monoisotopic (exact) mass is 449 g/mol. The first-order chi connectivity index (χ1) is 15.8. The van der Waals surface area contributed by atoms with Crippen molar-refractivity contribution in [3.8, 4) is 5.75 Å². The van der Waals surface area contributed by atoms with Crippen LogP contribution in [-0.2, 0) is 17.9 Å². The lowest BCUT2D eigenvalue weighted by Crippen LogP contribution is -2.40. The maximum absolute atomic E-state index is 13.3. The number of aromatic nitrogens is 3. The molecule has 0 fully saturated rings. The molecule has 0 aliphatic heterocycles. The van der Waals surface area contributed by atoms with E-state index in [0.29, 0.717) is 29.2 Å². The van der Waals surface area contributed by atoms with Gasteiger partial charge in [0.2, 0.25) is 0 Å². The predicted octanol–water partition coefficient (Wildman–Crippen LogP) is 3.59. The Morgan fingerprint density at radius 2 is 1.88 bits per heavy atom. The summed E-state index contributed by atoms with van der Waals surface area (Å²) in [6.45, 7) is 4.77. The van der Waals surface area contributed by atoms with Gasteiger partial charge in [0.15, 0.2) is 0 Å². The lowest BCUT2D eigenvalue weighted by atomic mass is 10.1. The molecule has 0 radical (unpaired) electrons. The van der Waals surface area contributed by atoms with Gasteiger partial charge in [-0.05, 0) is 42.2 Å². The standard InChI is InChI=1S/C25H27N3O5/c1-16(2)10-12-33-18-7-8-22-20(13-18)24(31)27(11-9-23(29)30)25(32)28(22)15-17-14-26-21-6-4-3-5-19(17)21/h3-8,13-14,16,26H,9-12,15H2,1-2H3,(H,29,30). The maximum atomic E-state index is 13.3. The van der Waals surface area contributed by atoms with Crippen LogP contribution in [0.4, 0.5) is 0 Å². The Labute approximate surface area is 190 Å². The Hall–Kier alpha value is -3.81. The number of ether oxygens (including phenoxy) is 1. The molecule has 0 unspecified atom stereocenters. The van der Waals surface area contributed by atoms with Crippen molar-refractivity contribution in [1.82, 2.24) is 14.1 Å². The maximum Gasteiger partial charge on any atom is 0.331 e. The van der Waals surface area contributed by atoms with Crippen LogP contribution in [0.3, 0.4) is 0 Å². The molecule has 2 N–H and O–H groups in total. The molecule has 4 rings (SSSR count). The zero-order valence-electron chi connectivity index (χ0n) is 18.7. The summed E-state index contributed by atoms with van der Waals surface area (Å²) in [5, 5.41) is 10.4. The Kier molecular flexibility index (Phi) is 6.35. The van der Waals surface area contributed by atoms with E-state index >= 15 is 0 Å². The highest BCUT2D eigenvalue weighted by atomic mass is 16.5. The number of carboxylic acid groups (broad SMARTS) is 1. The molecule has 0 bridgehead atoms. The molecule has 0 saturated carbocycles. The number of carbonyl (C=O) groups is 1. The highest BCUT2D eigenvalue weighted by molar-refractivity contribution is 5.84. The predicted molar refractivity (Wildman–Crippen MR) is 127 cm³/mol. The molecule has 0 aliphatic rings.